The number of carbonyl (C=O) groups is 1. The largest absolute Gasteiger partial charge is 0.760 e. The van der Waals surface area contributed by atoms with Crippen LogP contribution >= 0.6 is 0 Å². The van der Waals surface area contributed by atoms with Gasteiger partial charge in [0.1, 0.15) is 11.5 Å². The number of aliphatic imine (C=N–C) groups is 1. The van der Waals surface area contributed by atoms with Crippen LogP contribution in [0.2, 0.25) is 0 Å². The van der Waals surface area contributed by atoms with Gasteiger partial charge in [0.2, 0.25) is 0 Å². The van der Waals surface area contributed by atoms with E-state index < -0.39 is 27.6 Å². The van der Waals surface area contributed by atoms with Gasteiger partial charge in [-0.3, -0.25) is 13.2 Å². The second-order valence-electron chi connectivity index (χ2n) is 4.57. The summed E-state index contributed by atoms with van der Waals surface area (Å²) in [4.78, 5) is 12.9. The molecule has 11 heteroatoms. The average Bonchev–Trinajstić information content (AvgIpc) is 2.51. The Hall–Kier alpha value is -0.858. The summed E-state index contributed by atoms with van der Waals surface area (Å²) in [6, 6.07) is 5.50. The Morgan fingerprint density at radius 2 is 1.30 bits per heavy atom. The Bertz CT molecular complexity index is 549. The number of benzene rings is 1. The molecule has 27 heavy (non-hydrogen) atoms. The number of rotatable bonds is 3. The molecule has 0 radical (unpaired) electrons. The van der Waals surface area contributed by atoms with Gasteiger partial charge in [-0.15, -0.1) is 0 Å². The van der Waals surface area contributed by atoms with Crippen LogP contribution in [0.1, 0.15) is 12.5 Å². The first-order chi connectivity index (χ1) is 11.9. The zero-order valence-electron chi connectivity index (χ0n) is 16.7. The van der Waals surface area contributed by atoms with Crippen molar-refractivity contribution in [3.05, 3.63) is 23.8 Å². The molecule has 1 aromatic rings. The van der Waals surface area contributed by atoms with Gasteiger partial charge in [0, 0.05) is 81.0 Å². The molecule has 0 unspecified atom stereocenters. The summed E-state index contributed by atoms with van der Waals surface area (Å²) in [5, 5.41) is 7.90. The molecule has 0 fully saturated rings. The molecular weight excluding hydrogens is 505 g/mol. The maximum Gasteiger partial charge on any atom is 0.300 e. The molecule has 162 valence electrons. The van der Waals surface area contributed by atoms with E-state index in [0.717, 1.165) is 12.5 Å². The van der Waals surface area contributed by atoms with Crippen molar-refractivity contribution in [1.82, 2.24) is 0 Å². The second kappa shape index (κ2) is 21.4. The number of ether oxygens (including phenoxy) is 2. The van der Waals surface area contributed by atoms with Gasteiger partial charge in [-0.05, 0) is 12.1 Å². The van der Waals surface area contributed by atoms with E-state index in [-0.39, 0.29) is 20.4 Å². The molecule has 0 saturated carbocycles. The fourth-order valence-electron chi connectivity index (χ4n) is 1.17. The molecule has 0 heterocycles. The molecule has 1 aromatic carbocycles. The van der Waals surface area contributed by atoms with Gasteiger partial charge in [-0.2, -0.15) is 0 Å². The minimum Gasteiger partial charge on any atom is -0.760 e. The van der Waals surface area contributed by atoms with E-state index in [9.17, 15) is 8.42 Å². The van der Waals surface area contributed by atoms with Gasteiger partial charge >= 0.3 is 0 Å². The summed E-state index contributed by atoms with van der Waals surface area (Å²) in [6.07, 6.45) is 6.56. The summed E-state index contributed by atoms with van der Waals surface area (Å²) >= 11 is 5.10. The summed E-state index contributed by atoms with van der Waals surface area (Å²) < 4.78 is 29.5. The summed E-state index contributed by atoms with van der Waals surface area (Å²) in [5.41, 5.74) is 0.731. The Kier molecular flexibility index (Phi) is 26.8. The van der Waals surface area contributed by atoms with Crippen LogP contribution in [0.3, 0.4) is 0 Å². The molecule has 1 rings (SSSR count). The third kappa shape index (κ3) is 25.1. The van der Waals surface area contributed by atoms with Gasteiger partial charge in [0.25, 0.3) is 5.97 Å². The van der Waals surface area contributed by atoms with Gasteiger partial charge in [-0.25, -0.2) is 0 Å². The van der Waals surface area contributed by atoms with E-state index in [4.69, 9.17) is 32.0 Å². The first-order valence-corrected chi connectivity index (χ1v) is 11.3. The SMILES string of the molecule is CC(=O)O.CN=C([S-])c1c(OC)cccc1OC.CS(C)=O.CS(C)=O.[Pd]. The maximum absolute atomic E-state index is 9.56. The van der Waals surface area contributed by atoms with Gasteiger partial charge < -0.3 is 32.2 Å². The summed E-state index contributed by atoms with van der Waals surface area (Å²) in [6.45, 7) is 1.08. The monoisotopic (exact) mass is 532 g/mol. The van der Waals surface area contributed by atoms with Crippen molar-refractivity contribution in [3.8, 4) is 11.5 Å². The summed E-state index contributed by atoms with van der Waals surface area (Å²) in [5.74, 6) is 0.528. The third-order valence-corrected chi connectivity index (χ3v) is 2.23. The second-order valence-corrected chi connectivity index (χ2v) is 7.92. The number of carboxylic acid groups (broad SMARTS) is 1. The molecule has 0 saturated heterocycles. The Balaban J connectivity index is -0.000000169. The molecule has 1 N–H and O–H groups in total. The molecular formula is C16H28NO6PdS3-. The van der Waals surface area contributed by atoms with Crippen LogP contribution in [0.15, 0.2) is 23.2 Å². The molecule has 0 aliphatic carbocycles. The average molecular weight is 533 g/mol. The van der Waals surface area contributed by atoms with Crippen molar-refractivity contribution >= 4 is 45.2 Å². The quantitative estimate of drug-likeness (QED) is 0.274. The van der Waals surface area contributed by atoms with Crippen molar-refractivity contribution in [2.75, 3.05) is 46.3 Å². The number of hydrogen-bond donors (Lipinski definition) is 1. The van der Waals surface area contributed by atoms with Gasteiger partial charge in [-0.1, -0.05) is 11.1 Å². The van der Waals surface area contributed by atoms with E-state index in [1.54, 1.807) is 46.3 Å². The van der Waals surface area contributed by atoms with Crippen LogP contribution in [-0.2, 0) is 59.4 Å². The third-order valence-electron chi connectivity index (χ3n) is 1.84. The molecule has 0 bridgehead atoms. The normalized spacial score (nSPS) is 9.33. The molecule has 0 amide bonds. The van der Waals surface area contributed by atoms with Crippen molar-refractivity contribution in [3.63, 3.8) is 0 Å². The van der Waals surface area contributed by atoms with Gasteiger partial charge in [0.05, 0.1) is 19.8 Å². The Labute approximate surface area is 186 Å². The minimum absolute atomic E-state index is 0. The Morgan fingerprint density at radius 1 is 1.04 bits per heavy atom. The van der Waals surface area contributed by atoms with E-state index in [2.05, 4.69) is 4.99 Å². The van der Waals surface area contributed by atoms with Crippen LogP contribution < -0.4 is 9.47 Å². The number of hydrogen-bond acceptors (Lipinski definition) is 7. The van der Waals surface area contributed by atoms with Crippen LogP contribution in [0.25, 0.3) is 0 Å². The van der Waals surface area contributed by atoms with Crippen molar-refractivity contribution in [2.24, 2.45) is 4.99 Å². The van der Waals surface area contributed by atoms with E-state index >= 15 is 0 Å². The number of nitrogens with zero attached hydrogens (tertiary/aromatic N) is 1. The molecule has 7 nitrogen and oxygen atoms in total. The fraction of sp³-hybridized carbons (Fsp3) is 0.500. The van der Waals surface area contributed by atoms with Crippen LogP contribution in [0.5, 0.6) is 11.5 Å². The first kappa shape index (κ1) is 33.7. The fourth-order valence-corrected chi connectivity index (χ4v) is 1.37. The molecule has 0 aromatic heterocycles. The van der Waals surface area contributed by atoms with Crippen LogP contribution in [-0.4, -0.2) is 70.8 Å². The predicted molar refractivity (Wildman–Crippen MR) is 113 cm³/mol. The molecule has 0 spiro atoms. The molecule has 0 aliphatic heterocycles. The number of methoxy groups -OCH3 is 2. The maximum atomic E-state index is 9.56. The zero-order chi connectivity index (χ0) is 21.3. The standard InChI is InChI=1S/C10H13NO2S.C2H4O2.2C2H6OS.Pd/c1-11-10(14)9-7(12-2)5-4-6-8(9)13-3;1-2(3)4;2*1-4(2)3;/h4-6H,1-3H3,(H,11,14);1H3,(H,3,4);2*1-2H3;/p-1. The van der Waals surface area contributed by atoms with Crippen LogP contribution in [0, 0.1) is 0 Å². The van der Waals surface area contributed by atoms with Crippen molar-refractivity contribution in [2.45, 2.75) is 6.92 Å². The van der Waals surface area contributed by atoms with E-state index in [1.165, 1.54) is 0 Å². The Morgan fingerprint density at radius 3 is 1.48 bits per heavy atom. The first-order valence-electron chi connectivity index (χ1n) is 6.99. The topological polar surface area (TPSA) is 102 Å². The molecule has 0 aliphatic rings. The number of carboxylic acids is 1. The van der Waals surface area contributed by atoms with Crippen molar-refractivity contribution in [1.29, 1.82) is 0 Å². The number of aliphatic carboxylic acids is 1. The predicted octanol–water partition coefficient (Wildman–Crippen LogP) is 1.70. The molecule has 0 atom stereocenters. The van der Waals surface area contributed by atoms with Crippen LogP contribution in [0.4, 0.5) is 0 Å². The van der Waals surface area contributed by atoms with E-state index in [1.807, 2.05) is 18.2 Å². The smallest absolute Gasteiger partial charge is 0.300 e. The van der Waals surface area contributed by atoms with Crippen molar-refractivity contribution < 1.29 is 48.2 Å². The summed E-state index contributed by atoms with van der Waals surface area (Å²) in [7, 11) is 3.61. The zero-order valence-corrected chi connectivity index (χ0v) is 20.7. The van der Waals surface area contributed by atoms with E-state index in [0.29, 0.717) is 16.5 Å². The minimum atomic E-state index is -0.833. The van der Waals surface area contributed by atoms with Gasteiger partial charge in [0.15, 0.2) is 0 Å².